The first kappa shape index (κ1) is 18.2. The molecule has 0 atom stereocenters. The Morgan fingerprint density at radius 3 is 2.54 bits per heavy atom. The smallest absolute Gasteiger partial charge is 0.336 e. The van der Waals surface area contributed by atoms with Crippen LogP contribution in [0.2, 0.25) is 0 Å². The van der Waals surface area contributed by atoms with E-state index >= 15 is 0 Å². The molecule has 4 rings (SSSR count). The number of imide groups is 2. The van der Waals surface area contributed by atoms with Crippen LogP contribution in [-0.4, -0.2) is 22.4 Å². The monoisotopic (exact) mass is 381 g/mol. The Hall–Kier alpha value is -3.22. The predicted octanol–water partition coefficient (Wildman–Crippen LogP) is 3.80. The van der Waals surface area contributed by atoms with Gasteiger partial charge in [0, 0.05) is 18.4 Å². The molecule has 2 heterocycles. The number of amides is 4. The molecular weight excluding hydrogens is 361 g/mol. The molecule has 1 aliphatic heterocycles. The van der Waals surface area contributed by atoms with E-state index in [2.05, 4.69) is 9.88 Å². The van der Waals surface area contributed by atoms with Crippen LogP contribution in [0.15, 0.2) is 48.3 Å². The fourth-order valence-electron chi connectivity index (χ4n) is 3.80. The lowest BCUT2D eigenvalue weighted by Gasteiger charge is -2.26. The van der Waals surface area contributed by atoms with E-state index in [4.69, 9.17) is 0 Å². The van der Waals surface area contributed by atoms with Crippen LogP contribution in [0.3, 0.4) is 0 Å². The molecule has 1 aliphatic carbocycles. The first-order valence-corrected chi connectivity index (χ1v) is 9.38. The fourth-order valence-corrected chi connectivity index (χ4v) is 3.80. The van der Waals surface area contributed by atoms with E-state index < -0.39 is 23.7 Å². The van der Waals surface area contributed by atoms with E-state index in [1.807, 2.05) is 18.5 Å². The van der Waals surface area contributed by atoms with Crippen LogP contribution in [0, 0.1) is 5.82 Å². The van der Waals surface area contributed by atoms with Crippen LogP contribution in [-0.2, 0) is 9.59 Å². The van der Waals surface area contributed by atoms with Gasteiger partial charge in [-0.25, -0.2) is 14.1 Å². The maximum absolute atomic E-state index is 14.1. The zero-order valence-corrected chi connectivity index (χ0v) is 15.2. The zero-order valence-electron chi connectivity index (χ0n) is 15.2. The average Bonchev–Trinajstić information content (AvgIpc) is 3.16. The molecule has 0 unspecified atom stereocenters. The van der Waals surface area contributed by atoms with Crippen molar-refractivity contribution in [2.75, 3.05) is 4.90 Å². The minimum Gasteiger partial charge on any atom is -0.351 e. The molecule has 1 saturated heterocycles. The highest BCUT2D eigenvalue weighted by atomic mass is 19.1. The Bertz CT molecular complexity index is 973. The quantitative estimate of drug-likeness (QED) is 0.649. The summed E-state index contributed by atoms with van der Waals surface area (Å²) in [5.74, 6) is -2.35. The number of carbonyl (C=O) groups excluding carboxylic acids is 3. The van der Waals surface area contributed by atoms with Crippen LogP contribution < -0.4 is 10.2 Å². The molecule has 0 spiro atoms. The van der Waals surface area contributed by atoms with Crippen LogP contribution in [0.4, 0.5) is 14.9 Å². The Morgan fingerprint density at radius 2 is 1.79 bits per heavy atom. The fraction of sp³-hybridized carbons (Fsp3) is 0.286. The number of hydrogen-bond donors (Lipinski definition) is 1. The van der Waals surface area contributed by atoms with E-state index in [-0.39, 0.29) is 11.3 Å². The molecule has 1 N–H and O–H groups in total. The van der Waals surface area contributed by atoms with Crippen molar-refractivity contribution in [2.45, 2.75) is 38.1 Å². The predicted molar refractivity (Wildman–Crippen MR) is 102 cm³/mol. The van der Waals surface area contributed by atoms with E-state index in [1.165, 1.54) is 43.5 Å². The van der Waals surface area contributed by atoms with Gasteiger partial charge in [0.25, 0.3) is 11.8 Å². The second-order valence-corrected chi connectivity index (χ2v) is 7.09. The highest BCUT2D eigenvalue weighted by Crippen LogP contribution is 2.29. The minimum atomic E-state index is -0.961. The molecule has 0 radical (unpaired) electrons. The van der Waals surface area contributed by atoms with E-state index in [0.717, 1.165) is 18.9 Å². The zero-order chi connectivity index (χ0) is 19.7. The molecular formula is C21H20FN3O3. The van der Waals surface area contributed by atoms with Crippen LogP contribution in [0.25, 0.3) is 6.08 Å². The standard InChI is InChI=1S/C21H20FN3O3/c22-17-8-4-5-9-18(17)25-20(27)16(19(26)23-21(25)28)12-14-10-11-24(13-14)15-6-2-1-3-7-15/h4-5,8-13,15H,1-3,6-7H2,(H,23,26,28)/b16-12-. The summed E-state index contributed by atoms with van der Waals surface area (Å²) in [5, 5.41) is 2.11. The number of barbiturate groups is 1. The van der Waals surface area contributed by atoms with Crippen molar-refractivity contribution in [1.29, 1.82) is 0 Å². The second-order valence-electron chi connectivity index (χ2n) is 7.09. The number of para-hydroxylation sites is 1. The van der Waals surface area contributed by atoms with E-state index in [1.54, 1.807) is 0 Å². The summed E-state index contributed by atoms with van der Waals surface area (Å²) in [6.45, 7) is 0. The third-order valence-electron chi connectivity index (χ3n) is 5.24. The lowest BCUT2D eigenvalue weighted by molar-refractivity contribution is -0.122. The van der Waals surface area contributed by atoms with Crippen molar-refractivity contribution in [3.8, 4) is 0 Å². The normalized spacial score (nSPS) is 20.0. The molecule has 2 fully saturated rings. The Morgan fingerprint density at radius 1 is 1.04 bits per heavy atom. The number of carbonyl (C=O) groups is 3. The maximum atomic E-state index is 14.1. The number of aromatic nitrogens is 1. The van der Waals surface area contributed by atoms with Crippen molar-refractivity contribution in [2.24, 2.45) is 0 Å². The second kappa shape index (κ2) is 7.42. The van der Waals surface area contributed by atoms with Gasteiger partial charge in [0.05, 0.1) is 5.69 Å². The third kappa shape index (κ3) is 3.35. The number of rotatable bonds is 3. The largest absolute Gasteiger partial charge is 0.351 e. The Kier molecular flexibility index (Phi) is 4.81. The van der Waals surface area contributed by atoms with Gasteiger partial charge in [0.1, 0.15) is 11.4 Å². The van der Waals surface area contributed by atoms with Crippen molar-refractivity contribution in [3.05, 3.63) is 59.7 Å². The number of anilines is 1. The molecule has 1 aromatic carbocycles. The number of nitrogens with one attached hydrogen (secondary N) is 1. The van der Waals surface area contributed by atoms with Crippen molar-refractivity contribution >= 4 is 29.6 Å². The maximum Gasteiger partial charge on any atom is 0.336 e. The van der Waals surface area contributed by atoms with E-state index in [0.29, 0.717) is 16.5 Å². The SMILES string of the molecule is O=C1NC(=O)N(c2ccccc2F)C(=O)/C1=C\c1ccn(C2CCCCC2)c1. The number of benzene rings is 1. The molecule has 4 amide bonds. The van der Waals surface area contributed by atoms with Gasteiger partial charge in [0.2, 0.25) is 0 Å². The van der Waals surface area contributed by atoms with Gasteiger partial charge in [-0.2, -0.15) is 0 Å². The minimum absolute atomic E-state index is 0.192. The molecule has 2 aliphatic rings. The van der Waals surface area contributed by atoms with Crippen LogP contribution in [0.1, 0.15) is 43.7 Å². The topological polar surface area (TPSA) is 71.4 Å². The summed E-state index contributed by atoms with van der Waals surface area (Å²) in [5.41, 5.74) is 0.291. The summed E-state index contributed by atoms with van der Waals surface area (Å²) in [7, 11) is 0. The van der Waals surface area contributed by atoms with Gasteiger partial charge in [0.15, 0.2) is 0 Å². The van der Waals surface area contributed by atoms with E-state index in [9.17, 15) is 18.8 Å². The molecule has 1 aromatic heterocycles. The lowest BCUT2D eigenvalue weighted by atomic mass is 9.95. The Balaban J connectivity index is 1.64. The molecule has 1 saturated carbocycles. The van der Waals surface area contributed by atoms with Crippen molar-refractivity contribution in [1.82, 2.24) is 9.88 Å². The number of urea groups is 1. The summed E-state index contributed by atoms with van der Waals surface area (Å²) in [4.78, 5) is 37.9. The van der Waals surface area contributed by atoms with Gasteiger partial charge < -0.3 is 4.57 Å². The molecule has 0 bridgehead atoms. The molecule has 6 nitrogen and oxygen atoms in total. The van der Waals surface area contributed by atoms with Crippen molar-refractivity contribution < 1.29 is 18.8 Å². The number of halogens is 1. The van der Waals surface area contributed by atoms with Gasteiger partial charge in [-0.15, -0.1) is 0 Å². The van der Waals surface area contributed by atoms with Crippen LogP contribution >= 0.6 is 0 Å². The first-order chi connectivity index (χ1) is 13.5. The van der Waals surface area contributed by atoms with Gasteiger partial charge in [-0.3, -0.25) is 14.9 Å². The highest BCUT2D eigenvalue weighted by Gasteiger charge is 2.38. The number of nitrogens with zero attached hydrogens (tertiary/aromatic N) is 2. The molecule has 144 valence electrons. The lowest BCUT2D eigenvalue weighted by Crippen LogP contribution is -2.54. The number of hydrogen-bond acceptors (Lipinski definition) is 3. The summed E-state index contributed by atoms with van der Waals surface area (Å²) in [6, 6.07) is 6.74. The summed E-state index contributed by atoms with van der Waals surface area (Å²) >= 11 is 0. The van der Waals surface area contributed by atoms with Gasteiger partial charge >= 0.3 is 6.03 Å². The van der Waals surface area contributed by atoms with Gasteiger partial charge in [-0.1, -0.05) is 31.4 Å². The van der Waals surface area contributed by atoms with Gasteiger partial charge in [-0.05, 0) is 42.7 Å². The molecule has 7 heteroatoms. The summed E-state index contributed by atoms with van der Waals surface area (Å²) in [6.07, 6.45) is 11.1. The molecule has 28 heavy (non-hydrogen) atoms. The highest BCUT2D eigenvalue weighted by molar-refractivity contribution is 6.39. The summed E-state index contributed by atoms with van der Waals surface area (Å²) < 4.78 is 16.2. The Labute approximate surface area is 161 Å². The molecule has 2 aromatic rings. The van der Waals surface area contributed by atoms with Crippen molar-refractivity contribution in [3.63, 3.8) is 0 Å². The first-order valence-electron chi connectivity index (χ1n) is 9.38. The van der Waals surface area contributed by atoms with Crippen LogP contribution in [0.5, 0.6) is 0 Å². The average molecular weight is 381 g/mol. The third-order valence-corrected chi connectivity index (χ3v) is 5.24.